The number of rotatable bonds is 7. The van der Waals surface area contributed by atoms with Gasteiger partial charge in [0.2, 0.25) is 0 Å². The van der Waals surface area contributed by atoms with Gasteiger partial charge in [0.15, 0.2) is 0 Å². The van der Waals surface area contributed by atoms with Gasteiger partial charge in [0.05, 0.1) is 31.1 Å². The van der Waals surface area contributed by atoms with Crippen molar-refractivity contribution in [2.45, 2.75) is 33.4 Å². The lowest BCUT2D eigenvalue weighted by Gasteiger charge is -2.17. The molecule has 1 heterocycles. The molecule has 20 heavy (non-hydrogen) atoms. The predicted molar refractivity (Wildman–Crippen MR) is 81.4 cm³/mol. The molecule has 0 spiro atoms. The second-order valence-corrected chi connectivity index (χ2v) is 6.89. The lowest BCUT2D eigenvalue weighted by molar-refractivity contribution is 0.219. The highest BCUT2D eigenvalue weighted by atomic mass is 32.1. The van der Waals surface area contributed by atoms with Crippen LogP contribution in [0.15, 0.2) is 12.1 Å². The fraction of sp³-hybridized carbons (Fsp3) is 0.538. The summed E-state index contributed by atoms with van der Waals surface area (Å²) < 4.78 is 32.0. The van der Waals surface area contributed by atoms with Crippen LogP contribution in [0.5, 0.6) is 0 Å². The summed E-state index contributed by atoms with van der Waals surface area (Å²) in [5.41, 5.74) is 3.74. The molecule has 5 nitrogen and oxygen atoms in total. The minimum Gasteiger partial charge on any atom is -0.309 e. The molecule has 0 aliphatic heterocycles. The third kappa shape index (κ3) is 3.26. The van der Waals surface area contributed by atoms with Gasteiger partial charge in [-0.15, -0.1) is 0 Å². The summed E-state index contributed by atoms with van der Waals surface area (Å²) in [5.74, 6) is 0. The zero-order chi connectivity index (χ0) is 14.6. The SMILES string of the molecule is CCOP(=O)(Cc1ccc(CC)c2nsnc12)OCC. The Morgan fingerprint density at radius 1 is 1.05 bits per heavy atom. The minimum atomic E-state index is -3.11. The Morgan fingerprint density at radius 2 is 1.60 bits per heavy atom. The molecule has 0 atom stereocenters. The van der Waals surface area contributed by atoms with Crippen LogP contribution in [-0.2, 0) is 26.2 Å². The highest BCUT2D eigenvalue weighted by Crippen LogP contribution is 2.52. The first-order valence-corrected chi connectivity index (χ1v) is 9.20. The zero-order valence-corrected chi connectivity index (χ0v) is 13.7. The average Bonchev–Trinajstić information content (AvgIpc) is 2.89. The average molecular weight is 314 g/mol. The van der Waals surface area contributed by atoms with E-state index in [4.69, 9.17) is 9.05 Å². The van der Waals surface area contributed by atoms with Crippen LogP contribution in [0.2, 0.25) is 0 Å². The van der Waals surface area contributed by atoms with E-state index in [1.807, 2.05) is 26.0 Å². The van der Waals surface area contributed by atoms with Gasteiger partial charge in [0, 0.05) is 0 Å². The molecule has 0 saturated carbocycles. The molecule has 0 N–H and O–H groups in total. The summed E-state index contributed by atoms with van der Waals surface area (Å²) in [6, 6.07) is 3.97. The topological polar surface area (TPSA) is 61.3 Å². The van der Waals surface area contributed by atoms with Gasteiger partial charge in [-0.2, -0.15) is 8.75 Å². The Kier molecular flexibility index (Phi) is 5.27. The standard InChI is InChI=1S/C13H19N2O3PS/c1-4-10-7-8-11(13-12(10)14-20-15-13)9-19(16,17-5-2)18-6-3/h7-8H,4-6,9H2,1-3H3. The van der Waals surface area contributed by atoms with Gasteiger partial charge >= 0.3 is 7.60 Å². The van der Waals surface area contributed by atoms with Crippen LogP contribution in [0.4, 0.5) is 0 Å². The van der Waals surface area contributed by atoms with E-state index in [2.05, 4.69) is 15.7 Å². The van der Waals surface area contributed by atoms with Crippen molar-refractivity contribution >= 4 is 30.4 Å². The number of benzene rings is 1. The van der Waals surface area contributed by atoms with Crippen molar-refractivity contribution in [3.05, 3.63) is 23.3 Å². The number of aromatic nitrogens is 2. The van der Waals surface area contributed by atoms with Gasteiger partial charge in [-0.3, -0.25) is 4.57 Å². The van der Waals surface area contributed by atoms with Gasteiger partial charge in [-0.1, -0.05) is 19.1 Å². The normalized spacial score (nSPS) is 12.2. The van der Waals surface area contributed by atoms with Crippen molar-refractivity contribution in [1.29, 1.82) is 0 Å². The van der Waals surface area contributed by atoms with Crippen molar-refractivity contribution in [1.82, 2.24) is 8.75 Å². The molecular formula is C13H19N2O3PS. The molecule has 1 aromatic heterocycles. The van der Waals surface area contributed by atoms with Crippen molar-refractivity contribution in [3.63, 3.8) is 0 Å². The van der Waals surface area contributed by atoms with Crippen LogP contribution >= 0.6 is 19.3 Å². The maximum Gasteiger partial charge on any atom is 0.335 e. The molecule has 0 aliphatic rings. The molecule has 0 saturated heterocycles. The molecule has 0 fully saturated rings. The third-order valence-electron chi connectivity index (χ3n) is 2.98. The van der Waals surface area contributed by atoms with E-state index in [9.17, 15) is 4.57 Å². The van der Waals surface area contributed by atoms with Crippen LogP contribution in [0.3, 0.4) is 0 Å². The second-order valence-electron chi connectivity index (χ2n) is 4.30. The largest absolute Gasteiger partial charge is 0.335 e. The molecule has 110 valence electrons. The predicted octanol–water partition coefficient (Wildman–Crippen LogP) is 4.02. The van der Waals surface area contributed by atoms with Gasteiger partial charge in [-0.25, -0.2) is 0 Å². The van der Waals surface area contributed by atoms with Crippen molar-refractivity contribution in [2.75, 3.05) is 13.2 Å². The quantitative estimate of drug-likeness (QED) is 0.722. The molecule has 2 rings (SSSR count). The first-order chi connectivity index (χ1) is 9.63. The molecule has 1 aromatic carbocycles. The van der Waals surface area contributed by atoms with Crippen LogP contribution in [-0.4, -0.2) is 22.0 Å². The van der Waals surface area contributed by atoms with E-state index in [1.54, 1.807) is 0 Å². The third-order valence-corrected chi connectivity index (χ3v) is 5.54. The highest BCUT2D eigenvalue weighted by Gasteiger charge is 2.26. The number of aryl methyl sites for hydroxylation is 1. The molecule has 2 aromatic rings. The number of nitrogens with zero attached hydrogens (tertiary/aromatic N) is 2. The highest BCUT2D eigenvalue weighted by molar-refractivity contribution is 7.53. The summed E-state index contributed by atoms with van der Waals surface area (Å²) in [7, 11) is -3.11. The smallest absolute Gasteiger partial charge is 0.309 e. The van der Waals surface area contributed by atoms with Crippen molar-refractivity contribution in [3.8, 4) is 0 Å². The molecule has 0 amide bonds. The van der Waals surface area contributed by atoms with Crippen LogP contribution in [0, 0.1) is 0 Å². The summed E-state index contributed by atoms with van der Waals surface area (Å²) in [5, 5.41) is 0. The first-order valence-electron chi connectivity index (χ1n) is 6.74. The van der Waals surface area contributed by atoms with Crippen molar-refractivity contribution < 1.29 is 13.6 Å². The fourth-order valence-electron chi connectivity index (χ4n) is 2.11. The zero-order valence-electron chi connectivity index (χ0n) is 12.0. The minimum absolute atomic E-state index is 0.237. The monoisotopic (exact) mass is 314 g/mol. The van der Waals surface area contributed by atoms with Crippen LogP contribution in [0.25, 0.3) is 11.0 Å². The Labute approximate surface area is 123 Å². The van der Waals surface area contributed by atoms with Gasteiger partial charge < -0.3 is 9.05 Å². The van der Waals surface area contributed by atoms with E-state index in [1.165, 1.54) is 11.7 Å². The summed E-state index contributed by atoms with van der Waals surface area (Å²) >= 11 is 1.18. The number of fused-ring (bicyclic) bond motifs is 1. The molecule has 0 bridgehead atoms. The maximum atomic E-state index is 12.6. The fourth-order valence-corrected chi connectivity index (χ4v) is 4.44. The van der Waals surface area contributed by atoms with E-state index >= 15 is 0 Å². The lowest BCUT2D eigenvalue weighted by Crippen LogP contribution is -2.00. The summed E-state index contributed by atoms with van der Waals surface area (Å²) in [6.45, 7) is 6.43. The molecule has 0 unspecified atom stereocenters. The summed E-state index contributed by atoms with van der Waals surface area (Å²) in [4.78, 5) is 0. The number of hydrogen-bond acceptors (Lipinski definition) is 6. The van der Waals surface area contributed by atoms with E-state index < -0.39 is 7.60 Å². The Hall–Kier alpha value is -0.810. The van der Waals surface area contributed by atoms with Gasteiger partial charge in [0.1, 0.15) is 11.0 Å². The molecular weight excluding hydrogens is 295 g/mol. The van der Waals surface area contributed by atoms with E-state index in [0.29, 0.717) is 13.2 Å². The number of hydrogen-bond donors (Lipinski definition) is 0. The Morgan fingerprint density at radius 3 is 2.15 bits per heavy atom. The lowest BCUT2D eigenvalue weighted by atomic mass is 10.1. The van der Waals surface area contributed by atoms with Crippen LogP contribution < -0.4 is 0 Å². The Bertz CT molecular complexity index is 619. The second kappa shape index (κ2) is 6.76. The van der Waals surface area contributed by atoms with E-state index in [0.717, 1.165) is 28.6 Å². The molecule has 7 heteroatoms. The molecule has 0 radical (unpaired) electrons. The molecule has 0 aliphatic carbocycles. The van der Waals surface area contributed by atoms with Gasteiger partial charge in [0.25, 0.3) is 0 Å². The van der Waals surface area contributed by atoms with Gasteiger partial charge in [-0.05, 0) is 31.4 Å². The first kappa shape index (κ1) is 15.6. The van der Waals surface area contributed by atoms with E-state index in [-0.39, 0.29) is 6.16 Å². The Balaban J connectivity index is 2.38. The maximum absolute atomic E-state index is 12.6. The summed E-state index contributed by atoms with van der Waals surface area (Å²) in [6.07, 6.45) is 1.14. The van der Waals surface area contributed by atoms with Crippen molar-refractivity contribution in [2.24, 2.45) is 0 Å². The van der Waals surface area contributed by atoms with Crippen LogP contribution in [0.1, 0.15) is 31.9 Å².